The van der Waals surface area contributed by atoms with Crippen LogP contribution in [0.4, 0.5) is 5.69 Å². The molecule has 2 aromatic carbocycles. The van der Waals surface area contributed by atoms with Gasteiger partial charge in [-0.15, -0.1) is 0 Å². The van der Waals surface area contributed by atoms with Gasteiger partial charge in [-0.2, -0.15) is 0 Å². The maximum absolute atomic E-state index is 13.3. The van der Waals surface area contributed by atoms with Gasteiger partial charge in [-0.25, -0.2) is 0 Å². The van der Waals surface area contributed by atoms with Crippen LogP contribution in [0.1, 0.15) is 38.8 Å². The lowest BCUT2D eigenvalue weighted by Gasteiger charge is -2.50. The van der Waals surface area contributed by atoms with Crippen LogP contribution in [0.25, 0.3) is 0 Å². The van der Waals surface area contributed by atoms with Gasteiger partial charge in [0.1, 0.15) is 5.75 Å². The number of amides is 1. The Morgan fingerprint density at radius 3 is 2.18 bits per heavy atom. The van der Waals surface area contributed by atoms with E-state index in [9.17, 15) is 15.0 Å². The minimum Gasteiger partial charge on any atom is -0.497 e. The molecular formula is C26H37NO5Si. The van der Waals surface area contributed by atoms with E-state index in [4.69, 9.17) is 9.16 Å². The van der Waals surface area contributed by atoms with Gasteiger partial charge in [0.2, 0.25) is 5.91 Å². The molecule has 0 bridgehead atoms. The van der Waals surface area contributed by atoms with Crippen LogP contribution in [0.15, 0.2) is 54.6 Å². The highest BCUT2D eigenvalue weighted by Gasteiger charge is 2.52. The summed E-state index contributed by atoms with van der Waals surface area (Å²) in [4.78, 5) is 15.0. The topological polar surface area (TPSA) is 79.2 Å². The Morgan fingerprint density at radius 2 is 1.67 bits per heavy atom. The van der Waals surface area contributed by atoms with Crippen LogP contribution >= 0.6 is 0 Å². The van der Waals surface area contributed by atoms with Gasteiger partial charge in [0.15, 0.2) is 8.32 Å². The molecule has 0 unspecified atom stereocenters. The van der Waals surface area contributed by atoms with Gasteiger partial charge in [0.05, 0.1) is 37.9 Å². The Balaban J connectivity index is 1.85. The summed E-state index contributed by atoms with van der Waals surface area (Å²) in [6, 6.07) is 16.8. The Hall–Kier alpha value is -2.19. The van der Waals surface area contributed by atoms with Crippen molar-refractivity contribution in [3.05, 3.63) is 60.2 Å². The fourth-order valence-corrected chi connectivity index (χ4v) is 5.45. The van der Waals surface area contributed by atoms with E-state index in [-0.39, 0.29) is 30.0 Å². The van der Waals surface area contributed by atoms with E-state index < -0.39 is 26.4 Å². The predicted octanol–water partition coefficient (Wildman–Crippen LogP) is 4.53. The number of aliphatic hydroxyl groups is 2. The number of nitrogens with zero attached hydrogens (tertiary/aromatic N) is 1. The molecule has 0 saturated carbocycles. The number of benzene rings is 2. The van der Waals surface area contributed by atoms with Crippen LogP contribution in [0, 0.1) is 5.92 Å². The molecule has 180 valence electrons. The van der Waals surface area contributed by atoms with E-state index >= 15 is 0 Å². The van der Waals surface area contributed by atoms with Gasteiger partial charge in [-0.1, -0.05) is 51.1 Å². The molecule has 1 heterocycles. The van der Waals surface area contributed by atoms with Gasteiger partial charge in [-0.3, -0.25) is 4.79 Å². The normalized spacial score (nSPS) is 20.8. The fourth-order valence-electron chi connectivity index (χ4n) is 4.09. The minimum atomic E-state index is -2.14. The maximum atomic E-state index is 13.3. The summed E-state index contributed by atoms with van der Waals surface area (Å²) >= 11 is 0. The molecule has 1 aliphatic heterocycles. The molecule has 7 heteroatoms. The summed E-state index contributed by atoms with van der Waals surface area (Å²) in [5, 5.41) is 21.2. The second-order valence-corrected chi connectivity index (χ2v) is 15.0. The van der Waals surface area contributed by atoms with E-state index in [1.54, 1.807) is 12.0 Å². The molecule has 33 heavy (non-hydrogen) atoms. The highest BCUT2D eigenvalue weighted by molar-refractivity contribution is 6.74. The minimum absolute atomic E-state index is 0.0204. The first kappa shape index (κ1) is 25.4. The van der Waals surface area contributed by atoms with Gasteiger partial charge in [0.25, 0.3) is 0 Å². The Bertz CT molecular complexity index is 926. The first-order valence-corrected chi connectivity index (χ1v) is 14.4. The molecule has 0 spiro atoms. The molecule has 0 aliphatic carbocycles. The molecule has 6 nitrogen and oxygen atoms in total. The zero-order valence-electron chi connectivity index (χ0n) is 20.5. The number of para-hydroxylation sites is 1. The Kier molecular flexibility index (Phi) is 7.68. The fraction of sp³-hybridized carbons (Fsp3) is 0.500. The molecule has 1 fully saturated rings. The highest BCUT2D eigenvalue weighted by Crippen LogP contribution is 2.46. The van der Waals surface area contributed by atoms with Gasteiger partial charge in [0, 0.05) is 12.1 Å². The highest BCUT2D eigenvalue weighted by atomic mass is 28.4. The van der Waals surface area contributed by atoms with Crippen molar-refractivity contribution in [1.82, 2.24) is 0 Å². The first-order chi connectivity index (χ1) is 15.5. The van der Waals surface area contributed by atoms with Crippen molar-refractivity contribution in [2.75, 3.05) is 18.6 Å². The molecule has 1 saturated heterocycles. The van der Waals surface area contributed by atoms with Crippen LogP contribution in [-0.4, -0.2) is 50.4 Å². The molecule has 2 N–H and O–H groups in total. The van der Waals surface area contributed by atoms with E-state index in [1.807, 2.05) is 54.6 Å². The molecule has 2 aromatic rings. The lowest BCUT2D eigenvalue weighted by Crippen LogP contribution is -2.60. The van der Waals surface area contributed by atoms with Crippen molar-refractivity contribution in [1.29, 1.82) is 0 Å². The number of hydrogen-bond donors (Lipinski definition) is 2. The number of β-lactam (4-membered cyclic amide) rings is 1. The first-order valence-electron chi connectivity index (χ1n) is 11.5. The van der Waals surface area contributed by atoms with Gasteiger partial charge < -0.3 is 24.3 Å². The third-order valence-electron chi connectivity index (χ3n) is 7.02. The third-order valence-corrected chi connectivity index (χ3v) is 11.6. The predicted molar refractivity (Wildman–Crippen MR) is 133 cm³/mol. The second-order valence-electron chi connectivity index (χ2n) is 10.3. The van der Waals surface area contributed by atoms with Crippen LogP contribution in [0.2, 0.25) is 18.1 Å². The smallest absolute Gasteiger partial charge is 0.235 e. The van der Waals surface area contributed by atoms with Crippen LogP contribution in [0.5, 0.6) is 5.75 Å². The van der Waals surface area contributed by atoms with Crippen molar-refractivity contribution in [2.45, 2.75) is 63.6 Å². The molecule has 1 aliphatic rings. The average molecular weight is 472 g/mol. The third kappa shape index (κ3) is 5.32. The zero-order valence-corrected chi connectivity index (χ0v) is 21.5. The average Bonchev–Trinajstić information content (AvgIpc) is 2.76. The van der Waals surface area contributed by atoms with E-state index in [2.05, 4.69) is 33.9 Å². The number of carbonyl (C=O) groups is 1. The maximum Gasteiger partial charge on any atom is 0.235 e. The summed E-state index contributed by atoms with van der Waals surface area (Å²) in [5.41, 5.74) is 1.72. The molecule has 0 radical (unpaired) electrons. The van der Waals surface area contributed by atoms with Crippen molar-refractivity contribution in [2.24, 2.45) is 5.92 Å². The lowest BCUT2D eigenvalue weighted by atomic mass is 9.77. The van der Waals surface area contributed by atoms with Gasteiger partial charge in [-0.05, 0) is 48.0 Å². The monoisotopic (exact) mass is 471 g/mol. The quantitative estimate of drug-likeness (QED) is 0.415. The molecule has 3 rings (SSSR count). The number of rotatable bonds is 9. The van der Waals surface area contributed by atoms with Crippen LogP contribution in [-0.2, 0) is 9.22 Å². The van der Waals surface area contributed by atoms with Crippen LogP contribution in [0.3, 0.4) is 0 Å². The summed E-state index contributed by atoms with van der Waals surface area (Å²) < 4.78 is 11.6. The Morgan fingerprint density at radius 1 is 1.06 bits per heavy atom. The van der Waals surface area contributed by atoms with Crippen molar-refractivity contribution < 1.29 is 24.2 Å². The number of ether oxygens (including phenoxy) is 1. The van der Waals surface area contributed by atoms with E-state index in [1.165, 1.54) is 0 Å². The Labute approximate surface area is 198 Å². The lowest BCUT2D eigenvalue weighted by molar-refractivity contribution is -0.137. The summed E-state index contributed by atoms with van der Waals surface area (Å²) in [6.07, 6.45) is -1.25. The van der Waals surface area contributed by atoms with E-state index in [0.717, 1.165) is 17.0 Å². The molecule has 4 atom stereocenters. The van der Waals surface area contributed by atoms with Crippen LogP contribution < -0.4 is 9.64 Å². The van der Waals surface area contributed by atoms with E-state index in [0.29, 0.717) is 0 Å². The number of anilines is 1. The SMILES string of the molecule is COc1ccc([C@H]2[C@H]([C@H](O)C[C@@H](CO)O[Si](C)(C)C(C)(C)C)C(=O)N2c2ccccc2)cc1. The summed E-state index contributed by atoms with van der Waals surface area (Å²) in [6.45, 7) is 10.5. The zero-order chi connectivity index (χ0) is 24.4. The number of hydrogen-bond acceptors (Lipinski definition) is 5. The van der Waals surface area contributed by atoms with Crippen molar-refractivity contribution >= 4 is 19.9 Å². The largest absolute Gasteiger partial charge is 0.497 e. The molecular weight excluding hydrogens is 434 g/mol. The number of methoxy groups -OCH3 is 1. The molecule has 0 aromatic heterocycles. The second kappa shape index (κ2) is 9.97. The number of carbonyl (C=O) groups excluding carboxylic acids is 1. The molecule has 1 amide bonds. The summed E-state index contributed by atoms with van der Waals surface area (Å²) in [5.74, 6) is -0.00919. The number of aliphatic hydroxyl groups excluding tert-OH is 2. The van der Waals surface area contributed by atoms with Crippen molar-refractivity contribution in [3.63, 3.8) is 0 Å². The van der Waals surface area contributed by atoms with Crippen molar-refractivity contribution in [3.8, 4) is 5.75 Å². The summed E-state index contributed by atoms with van der Waals surface area (Å²) in [7, 11) is -0.524. The van der Waals surface area contributed by atoms with Gasteiger partial charge >= 0.3 is 0 Å². The standard InChI is InChI=1S/C26H37NO5Si/c1-26(2,3)33(5,6)32-21(17-28)16-22(29)23-24(18-12-14-20(31-4)15-13-18)27(25(23)30)19-10-8-7-9-11-19/h7-15,21-24,28-29H,16-17H2,1-6H3/t21-,22+,23-,24-/m0/s1.